The van der Waals surface area contributed by atoms with Gasteiger partial charge in [-0.1, -0.05) is 0 Å². The Morgan fingerprint density at radius 1 is 1.14 bits per heavy atom. The fraction of sp³-hybridized carbons (Fsp3) is 0.667. The van der Waals surface area contributed by atoms with Gasteiger partial charge in [0.25, 0.3) is 5.56 Å². The molecule has 29 heavy (non-hydrogen) atoms. The number of hydrogen-bond donors (Lipinski definition) is 2. The summed E-state index contributed by atoms with van der Waals surface area (Å²) in [7, 11) is 3.17. The molecular weight excluding hydrogens is 378 g/mol. The first-order valence-corrected chi connectivity index (χ1v) is 9.88. The highest BCUT2D eigenvalue weighted by molar-refractivity contribution is 5.74. The van der Waals surface area contributed by atoms with Gasteiger partial charge in [-0.2, -0.15) is 0 Å². The highest BCUT2D eigenvalue weighted by Gasteiger charge is 2.27. The molecule has 2 aromatic rings. The number of H-pyrrole nitrogens is 1. The van der Waals surface area contributed by atoms with E-state index >= 15 is 0 Å². The second-order valence-corrected chi connectivity index (χ2v) is 7.28. The smallest absolute Gasteiger partial charge is 0.329 e. The number of urea groups is 1. The minimum atomic E-state index is -0.924. The van der Waals surface area contributed by atoms with E-state index in [-0.39, 0.29) is 17.2 Å². The molecule has 160 valence electrons. The van der Waals surface area contributed by atoms with Crippen LogP contribution in [0.25, 0.3) is 11.2 Å². The van der Waals surface area contributed by atoms with Gasteiger partial charge in [-0.25, -0.2) is 14.6 Å². The van der Waals surface area contributed by atoms with Crippen molar-refractivity contribution >= 4 is 17.2 Å². The molecule has 1 aliphatic rings. The van der Waals surface area contributed by atoms with Crippen LogP contribution in [-0.4, -0.2) is 90.8 Å². The van der Waals surface area contributed by atoms with Crippen LogP contribution in [0.5, 0.6) is 0 Å². The normalized spacial score (nSPS) is 16.4. The molecule has 2 amide bonds. The molecule has 1 fully saturated rings. The van der Waals surface area contributed by atoms with Crippen LogP contribution >= 0.6 is 0 Å². The zero-order chi connectivity index (χ0) is 21.3. The maximum absolute atomic E-state index is 12.5. The van der Waals surface area contributed by atoms with Crippen molar-refractivity contribution < 1.29 is 9.90 Å². The number of imidazole rings is 1. The summed E-state index contributed by atoms with van der Waals surface area (Å²) in [5.74, 6) is 0.327. The number of carbonyl (C=O) groups excluding carboxylic acids is 1. The molecule has 0 spiro atoms. The number of nitrogens with one attached hydrogen (secondary N) is 1. The molecule has 0 radical (unpaired) electrons. The van der Waals surface area contributed by atoms with Gasteiger partial charge in [0.2, 0.25) is 0 Å². The number of amides is 2. The topological polar surface area (TPSA) is 120 Å². The molecule has 1 saturated heterocycles. The molecule has 3 heterocycles. The third kappa shape index (κ3) is 3.92. The lowest BCUT2D eigenvalue weighted by Crippen LogP contribution is -2.53. The van der Waals surface area contributed by atoms with E-state index in [1.54, 1.807) is 11.9 Å². The molecule has 11 nitrogen and oxygen atoms in total. The molecule has 1 atom stereocenters. The highest BCUT2D eigenvalue weighted by atomic mass is 16.3. The number of aliphatic hydroxyl groups is 1. The van der Waals surface area contributed by atoms with Crippen molar-refractivity contribution in [1.82, 2.24) is 33.8 Å². The van der Waals surface area contributed by atoms with Crippen molar-refractivity contribution in [2.75, 3.05) is 45.8 Å². The molecule has 1 unspecified atom stereocenters. The van der Waals surface area contributed by atoms with E-state index in [1.807, 2.05) is 18.7 Å². The van der Waals surface area contributed by atoms with Crippen molar-refractivity contribution in [2.24, 2.45) is 14.1 Å². The first kappa shape index (κ1) is 21.1. The van der Waals surface area contributed by atoms with Gasteiger partial charge in [0, 0.05) is 59.9 Å². The van der Waals surface area contributed by atoms with Crippen molar-refractivity contribution in [3.05, 3.63) is 26.7 Å². The number of aromatic nitrogens is 4. The molecule has 2 N–H and O–H groups in total. The molecule has 3 rings (SSSR count). The summed E-state index contributed by atoms with van der Waals surface area (Å²) >= 11 is 0. The van der Waals surface area contributed by atoms with Gasteiger partial charge < -0.3 is 19.5 Å². The summed E-state index contributed by atoms with van der Waals surface area (Å²) in [6.45, 7) is 8.11. The van der Waals surface area contributed by atoms with Gasteiger partial charge in [0.1, 0.15) is 11.9 Å². The van der Waals surface area contributed by atoms with Crippen LogP contribution in [0.2, 0.25) is 0 Å². The largest absolute Gasteiger partial charge is 0.384 e. The van der Waals surface area contributed by atoms with E-state index in [9.17, 15) is 19.5 Å². The summed E-state index contributed by atoms with van der Waals surface area (Å²) in [6.07, 6.45) is -0.924. The predicted octanol–water partition coefficient (Wildman–Crippen LogP) is -0.927. The van der Waals surface area contributed by atoms with E-state index in [0.717, 1.165) is 0 Å². The molecule has 0 saturated carbocycles. The summed E-state index contributed by atoms with van der Waals surface area (Å²) in [5, 5.41) is 10.7. The molecule has 2 aromatic heterocycles. The van der Waals surface area contributed by atoms with Crippen LogP contribution in [0.3, 0.4) is 0 Å². The van der Waals surface area contributed by atoms with E-state index in [2.05, 4.69) is 14.9 Å². The summed E-state index contributed by atoms with van der Waals surface area (Å²) in [5.41, 5.74) is -0.587. The van der Waals surface area contributed by atoms with Crippen LogP contribution in [0.15, 0.2) is 9.59 Å². The minimum absolute atomic E-state index is 0.0469. The minimum Gasteiger partial charge on any atom is -0.384 e. The number of aromatic amines is 1. The third-order valence-corrected chi connectivity index (χ3v) is 5.58. The molecular formula is C18H29N7O4. The van der Waals surface area contributed by atoms with Crippen LogP contribution in [0, 0.1) is 0 Å². The maximum atomic E-state index is 12.5. The second kappa shape index (κ2) is 8.37. The fourth-order valence-corrected chi connectivity index (χ4v) is 3.77. The Morgan fingerprint density at radius 2 is 1.76 bits per heavy atom. The van der Waals surface area contributed by atoms with Crippen LogP contribution in [-0.2, 0) is 14.1 Å². The number of piperazine rings is 1. The van der Waals surface area contributed by atoms with Gasteiger partial charge in [0.05, 0.1) is 0 Å². The Bertz CT molecular complexity index is 996. The number of β-amino-alcohol motifs (C(OH)–C–C–N with tert-alkyl or cyclic N) is 1. The number of nitrogens with zero attached hydrogens (tertiary/aromatic N) is 6. The maximum Gasteiger partial charge on any atom is 0.329 e. The number of aliphatic hydroxyl groups excluding tert-OH is 1. The lowest BCUT2D eigenvalue weighted by molar-refractivity contribution is 0.0690. The molecule has 0 bridgehead atoms. The zero-order valence-electron chi connectivity index (χ0n) is 17.4. The zero-order valence-corrected chi connectivity index (χ0v) is 17.4. The number of hydrogen-bond acceptors (Lipinski definition) is 6. The number of carbonyl (C=O) groups is 1. The van der Waals surface area contributed by atoms with Crippen molar-refractivity contribution in [3.8, 4) is 0 Å². The standard InChI is InChI=1S/C18H29N7O4/c1-5-24(6-2)18(29)25-9-7-23(8-10-25)11-12(26)14-19-15-13(21(14)3)16(27)20-17(28)22(15)4/h12,26H,5-11H2,1-4H3,(H,20,27,28). The van der Waals surface area contributed by atoms with E-state index in [1.165, 1.54) is 16.2 Å². The lowest BCUT2D eigenvalue weighted by atomic mass is 10.2. The van der Waals surface area contributed by atoms with Crippen LogP contribution in [0.4, 0.5) is 4.79 Å². The van der Waals surface area contributed by atoms with E-state index in [0.29, 0.717) is 51.6 Å². The summed E-state index contributed by atoms with van der Waals surface area (Å²) in [6, 6.07) is 0.0469. The first-order chi connectivity index (χ1) is 13.8. The molecule has 1 aliphatic heterocycles. The van der Waals surface area contributed by atoms with Crippen molar-refractivity contribution in [2.45, 2.75) is 20.0 Å². The molecule has 0 aromatic carbocycles. The average molecular weight is 407 g/mol. The Morgan fingerprint density at radius 3 is 2.34 bits per heavy atom. The lowest BCUT2D eigenvalue weighted by Gasteiger charge is -2.37. The quantitative estimate of drug-likeness (QED) is 0.661. The fourth-order valence-electron chi connectivity index (χ4n) is 3.77. The Hall–Kier alpha value is -2.66. The Kier molecular flexibility index (Phi) is 6.08. The highest BCUT2D eigenvalue weighted by Crippen LogP contribution is 2.18. The van der Waals surface area contributed by atoms with Crippen molar-refractivity contribution in [3.63, 3.8) is 0 Å². The van der Waals surface area contributed by atoms with Crippen LogP contribution < -0.4 is 11.2 Å². The second-order valence-electron chi connectivity index (χ2n) is 7.28. The number of rotatable bonds is 5. The van der Waals surface area contributed by atoms with Gasteiger partial charge in [0.15, 0.2) is 11.2 Å². The monoisotopic (exact) mass is 407 g/mol. The SMILES string of the molecule is CCN(CC)C(=O)N1CCN(CC(O)c2nc3c(c(=O)[nH]c(=O)n3C)n2C)CC1. The van der Waals surface area contributed by atoms with Crippen LogP contribution in [0.1, 0.15) is 25.8 Å². The summed E-state index contributed by atoms with van der Waals surface area (Å²) < 4.78 is 2.78. The number of aryl methyl sites for hydroxylation is 2. The Labute approximate surface area is 168 Å². The molecule has 11 heteroatoms. The van der Waals surface area contributed by atoms with E-state index in [4.69, 9.17) is 0 Å². The van der Waals surface area contributed by atoms with Gasteiger partial charge in [-0.3, -0.25) is 19.2 Å². The van der Waals surface area contributed by atoms with E-state index < -0.39 is 17.4 Å². The Balaban J connectivity index is 1.70. The molecule has 0 aliphatic carbocycles. The third-order valence-electron chi connectivity index (χ3n) is 5.58. The van der Waals surface area contributed by atoms with Crippen molar-refractivity contribution in [1.29, 1.82) is 0 Å². The predicted molar refractivity (Wildman–Crippen MR) is 108 cm³/mol. The van der Waals surface area contributed by atoms with Gasteiger partial charge >= 0.3 is 11.7 Å². The number of fused-ring (bicyclic) bond motifs is 1. The average Bonchev–Trinajstić information content (AvgIpc) is 3.05. The summed E-state index contributed by atoms with van der Waals surface area (Å²) in [4.78, 5) is 48.7. The first-order valence-electron chi connectivity index (χ1n) is 9.88. The van der Waals surface area contributed by atoms with Gasteiger partial charge in [-0.15, -0.1) is 0 Å². The van der Waals surface area contributed by atoms with Gasteiger partial charge in [-0.05, 0) is 13.8 Å².